The highest BCUT2D eigenvalue weighted by Crippen LogP contribution is 2.31. The first-order valence-electron chi connectivity index (χ1n) is 10.2. The number of nitrogens with zero attached hydrogens (tertiary/aromatic N) is 1. The second-order valence-corrected chi connectivity index (χ2v) is 7.95. The molecule has 0 spiro atoms. The minimum Gasteiger partial charge on any atom is -0.490 e. The van der Waals surface area contributed by atoms with Gasteiger partial charge in [0.1, 0.15) is 18.2 Å². The summed E-state index contributed by atoms with van der Waals surface area (Å²) in [4.78, 5) is 12.7. The summed E-state index contributed by atoms with van der Waals surface area (Å²) < 4.78 is 11.6. The lowest BCUT2D eigenvalue weighted by molar-refractivity contribution is -0.112. The number of ether oxygens (including phenoxy) is 2. The lowest BCUT2D eigenvalue weighted by atomic mass is 10.1. The molecule has 3 aromatic carbocycles. The van der Waals surface area contributed by atoms with E-state index in [1.165, 1.54) is 6.08 Å². The molecule has 0 aliphatic rings. The Morgan fingerprint density at radius 1 is 1.06 bits per heavy atom. The fourth-order valence-electron chi connectivity index (χ4n) is 3.05. The first kappa shape index (κ1) is 24.2. The summed E-state index contributed by atoms with van der Waals surface area (Å²) in [5, 5.41) is 13.5. The average molecular weight is 481 g/mol. The van der Waals surface area contributed by atoms with Crippen molar-refractivity contribution in [3.8, 4) is 17.6 Å². The highest BCUT2D eigenvalue weighted by Gasteiger charge is 2.13. The van der Waals surface area contributed by atoms with Gasteiger partial charge in [0.05, 0.1) is 6.61 Å². The van der Waals surface area contributed by atoms with E-state index in [9.17, 15) is 10.1 Å². The Labute approximate surface area is 203 Å². The summed E-state index contributed by atoms with van der Waals surface area (Å²) in [6, 6.07) is 19.7. The van der Waals surface area contributed by atoms with Crippen molar-refractivity contribution in [3.05, 3.63) is 93.0 Å². The summed E-state index contributed by atoms with van der Waals surface area (Å²) in [6.45, 7) is 4.40. The number of halogens is 2. The van der Waals surface area contributed by atoms with Crippen LogP contribution in [0, 0.1) is 18.3 Å². The fraction of sp³-hybridized carbons (Fsp3) is 0.154. The smallest absolute Gasteiger partial charge is 0.266 e. The summed E-state index contributed by atoms with van der Waals surface area (Å²) in [6.07, 6.45) is 1.50. The summed E-state index contributed by atoms with van der Waals surface area (Å²) >= 11 is 12.2. The van der Waals surface area contributed by atoms with Crippen LogP contribution in [0.15, 0.2) is 66.2 Å². The molecule has 3 aromatic rings. The van der Waals surface area contributed by atoms with Gasteiger partial charge in [-0.3, -0.25) is 4.79 Å². The maximum absolute atomic E-state index is 12.7. The van der Waals surface area contributed by atoms with E-state index in [0.717, 1.165) is 11.1 Å². The van der Waals surface area contributed by atoms with Crippen LogP contribution in [0.5, 0.6) is 11.5 Å². The molecule has 0 saturated carbocycles. The quantitative estimate of drug-likeness (QED) is 0.283. The van der Waals surface area contributed by atoms with Crippen LogP contribution in [0.25, 0.3) is 6.08 Å². The Hall–Kier alpha value is -3.46. The Bertz CT molecular complexity index is 1230. The molecule has 0 saturated heterocycles. The zero-order valence-electron chi connectivity index (χ0n) is 18.2. The summed E-state index contributed by atoms with van der Waals surface area (Å²) in [5.41, 5.74) is 2.82. The molecule has 0 aromatic heterocycles. The van der Waals surface area contributed by atoms with E-state index in [-0.39, 0.29) is 12.2 Å². The third kappa shape index (κ3) is 6.52. The van der Waals surface area contributed by atoms with E-state index in [2.05, 4.69) is 5.32 Å². The number of nitrogens with one attached hydrogen (secondary N) is 1. The van der Waals surface area contributed by atoms with Crippen molar-refractivity contribution in [2.75, 3.05) is 11.9 Å². The van der Waals surface area contributed by atoms with Gasteiger partial charge in [-0.05, 0) is 67.4 Å². The molecule has 0 atom stereocenters. The first-order valence-corrected chi connectivity index (χ1v) is 11.0. The number of hydrogen-bond acceptors (Lipinski definition) is 4. The molecule has 1 N–H and O–H groups in total. The van der Waals surface area contributed by atoms with E-state index in [1.807, 2.05) is 38.1 Å². The highest BCUT2D eigenvalue weighted by molar-refractivity contribution is 6.31. The van der Waals surface area contributed by atoms with Crippen molar-refractivity contribution in [3.63, 3.8) is 0 Å². The molecule has 33 heavy (non-hydrogen) atoms. The van der Waals surface area contributed by atoms with Crippen LogP contribution < -0.4 is 14.8 Å². The number of aryl methyl sites for hydroxylation is 1. The minimum atomic E-state index is -0.514. The number of carbonyl (C=O) groups excluding carboxylic acids is 1. The Morgan fingerprint density at radius 3 is 2.55 bits per heavy atom. The molecule has 3 rings (SSSR count). The summed E-state index contributed by atoms with van der Waals surface area (Å²) in [5.74, 6) is 0.526. The number of rotatable bonds is 8. The van der Waals surface area contributed by atoms with Crippen LogP contribution in [0.2, 0.25) is 10.0 Å². The van der Waals surface area contributed by atoms with Crippen LogP contribution >= 0.6 is 23.2 Å². The molecule has 0 heterocycles. The number of amides is 1. The van der Waals surface area contributed by atoms with E-state index in [0.29, 0.717) is 39.4 Å². The van der Waals surface area contributed by atoms with Crippen molar-refractivity contribution in [1.82, 2.24) is 0 Å². The standard InChI is InChI=1S/C26H22Cl2N2O3/c1-3-32-25-14-18(8-11-24(25)33-16-19-6-4-5-7-22(19)28)13-20(15-29)26(31)30-23-10-9-21(27)12-17(23)2/h4-14H,3,16H2,1-2H3,(H,30,31)/b20-13+. The lowest BCUT2D eigenvalue weighted by Gasteiger charge is -2.13. The largest absolute Gasteiger partial charge is 0.490 e. The van der Waals surface area contributed by atoms with Crippen molar-refractivity contribution < 1.29 is 14.3 Å². The second-order valence-electron chi connectivity index (χ2n) is 7.10. The highest BCUT2D eigenvalue weighted by atomic mass is 35.5. The van der Waals surface area contributed by atoms with Gasteiger partial charge in [-0.25, -0.2) is 0 Å². The third-order valence-corrected chi connectivity index (χ3v) is 5.33. The molecule has 168 valence electrons. The Kier molecular flexibility index (Phi) is 8.37. The van der Waals surface area contributed by atoms with E-state index < -0.39 is 5.91 Å². The average Bonchev–Trinajstić information content (AvgIpc) is 2.80. The van der Waals surface area contributed by atoms with Gasteiger partial charge in [0.15, 0.2) is 11.5 Å². The Morgan fingerprint density at radius 2 is 1.85 bits per heavy atom. The number of carbonyl (C=O) groups is 1. The van der Waals surface area contributed by atoms with E-state index in [1.54, 1.807) is 42.5 Å². The van der Waals surface area contributed by atoms with Gasteiger partial charge < -0.3 is 14.8 Å². The normalized spacial score (nSPS) is 10.9. The van der Waals surface area contributed by atoms with Gasteiger partial charge >= 0.3 is 0 Å². The maximum Gasteiger partial charge on any atom is 0.266 e. The predicted octanol–water partition coefficient (Wildman–Crippen LogP) is 6.83. The lowest BCUT2D eigenvalue weighted by Crippen LogP contribution is -2.14. The second kappa shape index (κ2) is 11.4. The van der Waals surface area contributed by atoms with Gasteiger partial charge in [-0.1, -0.05) is 47.5 Å². The van der Waals surface area contributed by atoms with Crippen molar-refractivity contribution >= 4 is 40.9 Å². The maximum atomic E-state index is 12.7. The van der Waals surface area contributed by atoms with Crippen molar-refractivity contribution in [2.24, 2.45) is 0 Å². The van der Waals surface area contributed by atoms with E-state index in [4.69, 9.17) is 32.7 Å². The molecule has 0 aliphatic carbocycles. The molecule has 1 amide bonds. The van der Waals surface area contributed by atoms with Crippen LogP contribution in [-0.4, -0.2) is 12.5 Å². The predicted molar refractivity (Wildman–Crippen MR) is 132 cm³/mol. The molecule has 0 aliphatic heterocycles. The molecule has 5 nitrogen and oxygen atoms in total. The number of hydrogen-bond donors (Lipinski definition) is 1. The van der Waals surface area contributed by atoms with Crippen molar-refractivity contribution in [2.45, 2.75) is 20.5 Å². The minimum absolute atomic E-state index is 0.0449. The first-order chi connectivity index (χ1) is 15.9. The summed E-state index contributed by atoms with van der Waals surface area (Å²) in [7, 11) is 0. The zero-order valence-corrected chi connectivity index (χ0v) is 19.7. The Balaban J connectivity index is 1.80. The van der Waals surface area contributed by atoms with Gasteiger partial charge in [0.2, 0.25) is 0 Å². The molecule has 0 bridgehead atoms. The van der Waals surface area contributed by atoms with Crippen LogP contribution in [0.3, 0.4) is 0 Å². The number of anilines is 1. The van der Waals surface area contributed by atoms with Crippen LogP contribution in [-0.2, 0) is 11.4 Å². The van der Waals surface area contributed by atoms with E-state index >= 15 is 0 Å². The third-order valence-electron chi connectivity index (χ3n) is 4.72. The SMILES string of the molecule is CCOc1cc(/C=C(\C#N)C(=O)Nc2ccc(Cl)cc2C)ccc1OCc1ccccc1Cl. The van der Waals surface area contributed by atoms with Gasteiger partial charge in [-0.15, -0.1) is 0 Å². The molecular formula is C26H22Cl2N2O3. The zero-order chi connectivity index (χ0) is 23.8. The van der Waals surface area contributed by atoms with Gasteiger partial charge in [0, 0.05) is 21.3 Å². The van der Waals surface area contributed by atoms with Crippen LogP contribution in [0.1, 0.15) is 23.6 Å². The monoisotopic (exact) mass is 480 g/mol. The van der Waals surface area contributed by atoms with Crippen LogP contribution in [0.4, 0.5) is 5.69 Å². The topological polar surface area (TPSA) is 71.3 Å². The number of benzene rings is 3. The molecule has 7 heteroatoms. The molecular weight excluding hydrogens is 459 g/mol. The van der Waals surface area contributed by atoms with Gasteiger partial charge in [0.25, 0.3) is 5.91 Å². The number of nitriles is 1. The molecule has 0 unspecified atom stereocenters. The van der Waals surface area contributed by atoms with Crippen molar-refractivity contribution in [1.29, 1.82) is 5.26 Å². The van der Waals surface area contributed by atoms with Gasteiger partial charge in [-0.2, -0.15) is 5.26 Å². The fourth-order valence-corrected chi connectivity index (χ4v) is 3.46. The molecule has 0 radical (unpaired) electrons. The molecule has 0 fully saturated rings.